The molecule has 4 rings (SSSR count). The molecule has 1 aromatic heterocycles. The fourth-order valence-electron chi connectivity index (χ4n) is 3.38. The van der Waals surface area contributed by atoms with Crippen LogP contribution < -0.4 is 10.3 Å². The first kappa shape index (κ1) is 22.9. The van der Waals surface area contributed by atoms with Crippen LogP contribution in [0.2, 0.25) is 5.02 Å². The average Bonchev–Trinajstić information content (AvgIpc) is 2.82. The molecule has 0 saturated carbocycles. The van der Waals surface area contributed by atoms with Crippen LogP contribution in [0.1, 0.15) is 15.9 Å². The Bertz CT molecular complexity index is 1380. The SMILES string of the molecule is COc1ccc(-n2c(SCc3ccc(C(=O)N(C)C)cc3)nc3ccccc3c2=O)cc1Cl. The molecule has 0 N–H and O–H groups in total. The van der Waals surface area contributed by atoms with E-state index in [2.05, 4.69) is 0 Å². The third-order valence-corrected chi connectivity index (χ3v) is 6.42. The minimum atomic E-state index is -0.170. The number of carbonyl (C=O) groups excluding carboxylic acids is 1. The maximum atomic E-state index is 13.4. The van der Waals surface area contributed by atoms with Gasteiger partial charge in [-0.3, -0.25) is 14.2 Å². The average molecular weight is 480 g/mol. The lowest BCUT2D eigenvalue weighted by atomic mass is 10.1. The van der Waals surface area contributed by atoms with Crippen molar-refractivity contribution in [2.24, 2.45) is 0 Å². The second-order valence-corrected chi connectivity index (χ2v) is 8.91. The molecule has 0 radical (unpaired) electrons. The molecule has 1 amide bonds. The van der Waals surface area contributed by atoms with Gasteiger partial charge in [0.05, 0.1) is 28.7 Å². The molecule has 33 heavy (non-hydrogen) atoms. The van der Waals surface area contributed by atoms with Gasteiger partial charge in [-0.2, -0.15) is 0 Å². The molecule has 0 fully saturated rings. The molecule has 0 bridgehead atoms. The van der Waals surface area contributed by atoms with Crippen molar-refractivity contribution in [2.45, 2.75) is 10.9 Å². The third kappa shape index (κ3) is 4.74. The second-order valence-electron chi connectivity index (χ2n) is 7.56. The Kier molecular flexibility index (Phi) is 6.72. The highest BCUT2D eigenvalue weighted by molar-refractivity contribution is 7.98. The van der Waals surface area contributed by atoms with Crippen LogP contribution in [0.4, 0.5) is 0 Å². The number of hydrogen-bond acceptors (Lipinski definition) is 5. The van der Waals surface area contributed by atoms with Crippen LogP contribution in [0.15, 0.2) is 76.7 Å². The molecule has 4 aromatic rings. The van der Waals surface area contributed by atoms with Crippen molar-refractivity contribution < 1.29 is 9.53 Å². The molecule has 6 nitrogen and oxygen atoms in total. The fourth-order valence-corrected chi connectivity index (χ4v) is 4.60. The quantitative estimate of drug-likeness (QED) is 0.286. The van der Waals surface area contributed by atoms with Crippen LogP contribution in [-0.4, -0.2) is 41.6 Å². The van der Waals surface area contributed by atoms with Crippen molar-refractivity contribution in [2.75, 3.05) is 21.2 Å². The van der Waals surface area contributed by atoms with Gasteiger partial charge in [0.25, 0.3) is 11.5 Å². The number of fused-ring (bicyclic) bond motifs is 1. The number of para-hydroxylation sites is 1. The largest absolute Gasteiger partial charge is 0.495 e. The van der Waals surface area contributed by atoms with E-state index in [1.54, 1.807) is 54.9 Å². The predicted molar refractivity (Wildman–Crippen MR) is 133 cm³/mol. The van der Waals surface area contributed by atoms with Gasteiger partial charge in [-0.1, -0.05) is 47.6 Å². The Balaban J connectivity index is 1.72. The van der Waals surface area contributed by atoms with E-state index < -0.39 is 0 Å². The monoisotopic (exact) mass is 479 g/mol. The molecule has 3 aromatic carbocycles. The molecule has 0 atom stereocenters. The summed E-state index contributed by atoms with van der Waals surface area (Å²) in [6, 6.07) is 19.9. The maximum Gasteiger partial charge on any atom is 0.266 e. The Hall–Kier alpha value is -3.29. The van der Waals surface area contributed by atoms with Crippen molar-refractivity contribution in [3.63, 3.8) is 0 Å². The molecule has 0 aliphatic rings. The van der Waals surface area contributed by atoms with Crippen LogP contribution >= 0.6 is 23.4 Å². The molecule has 8 heteroatoms. The Labute approximate surface area is 200 Å². The normalized spacial score (nSPS) is 10.9. The summed E-state index contributed by atoms with van der Waals surface area (Å²) < 4.78 is 6.82. The highest BCUT2D eigenvalue weighted by Crippen LogP contribution is 2.29. The number of amides is 1. The van der Waals surface area contributed by atoms with Gasteiger partial charge in [0.15, 0.2) is 5.16 Å². The smallest absolute Gasteiger partial charge is 0.266 e. The third-order valence-electron chi connectivity index (χ3n) is 5.11. The van der Waals surface area contributed by atoms with Gasteiger partial charge in [0.2, 0.25) is 0 Å². The predicted octanol–water partition coefficient (Wildman–Crippen LogP) is 5.04. The fraction of sp³-hybridized carbons (Fsp3) is 0.160. The van der Waals surface area contributed by atoms with Crippen LogP contribution in [0.25, 0.3) is 16.6 Å². The lowest BCUT2D eigenvalue weighted by Gasteiger charge is -2.14. The summed E-state index contributed by atoms with van der Waals surface area (Å²) in [5.74, 6) is 1.06. The number of hydrogen-bond donors (Lipinski definition) is 0. The van der Waals surface area contributed by atoms with Gasteiger partial charge < -0.3 is 9.64 Å². The van der Waals surface area contributed by atoms with E-state index in [0.717, 1.165) is 5.56 Å². The summed E-state index contributed by atoms with van der Waals surface area (Å²) in [5.41, 5.74) is 2.71. The summed E-state index contributed by atoms with van der Waals surface area (Å²) in [4.78, 5) is 31.8. The first-order valence-corrected chi connectivity index (χ1v) is 11.5. The molecule has 0 spiro atoms. The Morgan fingerprint density at radius 3 is 2.48 bits per heavy atom. The van der Waals surface area contributed by atoms with Crippen molar-refractivity contribution >= 4 is 40.2 Å². The molecular weight excluding hydrogens is 458 g/mol. The highest BCUT2D eigenvalue weighted by Gasteiger charge is 2.15. The minimum absolute atomic E-state index is 0.0457. The van der Waals surface area contributed by atoms with Gasteiger partial charge in [-0.05, 0) is 48.0 Å². The number of halogens is 1. The number of ether oxygens (including phenoxy) is 1. The minimum Gasteiger partial charge on any atom is -0.495 e. The van der Waals surface area contributed by atoms with Gasteiger partial charge in [0.1, 0.15) is 5.75 Å². The molecular formula is C25H22ClN3O3S. The Morgan fingerprint density at radius 1 is 1.09 bits per heavy atom. The first-order chi connectivity index (χ1) is 15.9. The number of aromatic nitrogens is 2. The van der Waals surface area contributed by atoms with Crippen LogP contribution in [0.3, 0.4) is 0 Å². The van der Waals surface area contributed by atoms with E-state index in [1.165, 1.54) is 11.8 Å². The second kappa shape index (κ2) is 9.68. The highest BCUT2D eigenvalue weighted by atomic mass is 35.5. The lowest BCUT2D eigenvalue weighted by Crippen LogP contribution is -2.22. The first-order valence-electron chi connectivity index (χ1n) is 10.2. The van der Waals surface area contributed by atoms with E-state index in [0.29, 0.717) is 43.8 Å². The van der Waals surface area contributed by atoms with Crippen molar-refractivity contribution in [1.29, 1.82) is 0 Å². The molecule has 0 aliphatic carbocycles. The van der Waals surface area contributed by atoms with Gasteiger partial charge in [-0.15, -0.1) is 0 Å². The number of thioether (sulfide) groups is 1. The number of benzene rings is 3. The zero-order chi connectivity index (χ0) is 23.5. The van der Waals surface area contributed by atoms with Crippen LogP contribution in [0.5, 0.6) is 5.75 Å². The molecule has 0 aliphatic heterocycles. The van der Waals surface area contributed by atoms with Crippen molar-refractivity contribution in [1.82, 2.24) is 14.5 Å². The van der Waals surface area contributed by atoms with Gasteiger partial charge in [-0.25, -0.2) is 4.98 Å². The zero-order valence-electron chi connectivity index (χ0n) is 18.4. The van der Waals surface area contributed by atoms with E-state index in [9.17, 15) is 9.59 Å². The zero-order valence-corrected chi connectivity index (χ0v) is 20.0. The standard InChI is InChI=1S/C25H22ClN3O3S/c1-28(2)23(30)17-10-8-16(9-11-17)15-33-25-27-21-7-5-4-6-19(21)24(31)29(25)18-12-13-22(32-3)20(26)14-18/h4-14H,15H2,1-3H3. The van der Waals surface area contributed by atoms with E-state index in [4.69, 9.17) is 21.3 Å². The summed E-state index contributed by atoms with van der Waals surface area (Å²) in [5, 5.41) is 1.49. The summed E-state index contributed by atoms with van der Waals surface area (Å²) in [6.45, 7) is 0. The van der Waals surface area contributed by atoms with Crippen LogP contribution in [-0.2, 0) is 5.75 Å². The van der Waals surface area contributed by atoms with E-state index in [-0.39, 0.29) is 11.5 Å². The summed E-state index contributed by atoms with van der Waals surface area (Å²) in [7, 11) is 4.99. The van der Waals surface area contributed by atoms with E-state index >= 15 is 0 Å². The number of nitrogens with zero attached hydrogens (tertiary/aromatic N) is 3. The molecule has 168 valence electrons. The van der Waals surface area contributed by atoms with Crippen molar-refractivity contribution in [3.8, 4) is 11.4 Å². The molecule has 0 saturated heterocycles. The topological polar surface area (TPSA) is 64.4 Å². The number of methoxy groups -OCH3 is 1. The van der Waals surface area contributed by atoms with Crippen LogP contribution in [0, 0.1) is 0 Å². The lowest BCUT2D eigenvalue weighted by molar-refractivity contribution is 0.0827. The van der Waals surface area contributed by atoms with E-state index in [1.807, 2.05) is 42.5 Å². The number of rotatable bonds is 6. The molecule has 0 unspecified atom stereocenters. The van der Waals surface area contributed by atoms with Gasteiger partial charge >= 0.3 is 0 Å². The maximum absolute atomic E-state index is 13.4. The molecule has 1 heterocycles. The summed E-state index contributed by atoms with van der Waals surface area (Å²) >= 11 is 7.78. The van der Waals surface area contributed by atoms with Crippen molar-refractivity contribution in [3.05, 3.63) is 93.2 Å². The number of carbonyl (C=O) groups is 1. The Morgan fingerprint density at radius 2 is 1.82 bits per heavy atom. The summed E-state index contributed by atoms with van der Waals surface area (Å²) in [6.07, 6.45) is 0. The van der Waals surface area contributed by atoms with Gasteiger partial charge in [0, 0.05) is 25.4 Å².